The second-order valence-electron chi connectivity index (χ2n) is 5.24. The number of methoxy groups -OCH3 is 1. The summed E-state index contributed by atoms with van der Waals surface area (Å²) in [6.45, 7) is 3.52. The fourth-order valence-electron chi connectivity index (χ4n) is 1.97. The summed E-state index contributed by atoms with van der Waals surface area (Å²) in [5, 5.41) is 11.9. The molecular weight excluding hydrogens is 326 g/mol. The van der Waals surface area contributed by atoms with E-state index >= 15 is 0 Å². The largest absolute Gasteiger partial charge is 0.481 e. The quantitative estimate of drug-likeness (QED) is 0.708. The molecule has 5 nitrogen and oxygen atoms in total. The van der Waals surface area contributed by atoms with Gasteiger partial charge in [-0.2, -0.15) is 0 Å². The van der Waals surface area contributed by atoms with Gasteiger partial charge in [-0.15, -0.1) is 11.8 Å². The van der Waals surface area contributed by atoms with Crippen LogP contribution < -0.4 is 5.32 Å². The lowest BCUT2D eigenvalue weighted by Crippen LogP contribution is -2.52. The molecule has 1 aromatic carbocycles. The number of ether oxygens (including phenoxy) is 1. The summed E-state index contributed by atoms with van der Waals surface area (Å²) in [4.78, 5) is 24.1. The van der Waals surface area contributed by atoms with Gasteiger partial charge in [0.05, 0.1) is 28.8 Å². The number of carboxylic acids is 1. The number of thioether (sulfide) groups is 1. The van der Waals surface area contributed by atoms with E-state index < -0.39 is 16.8 Å². The van der Waals surface area contributed by atoms with Crippen molar-refractivity contribution in [2.24, 2.45) is 0 Å². The Morgan fingerprint density at radius 1 is 1.45 bits per heavy atom. The molecule has 2 unspecified atom stereocenters. The Labute approximate surface area is 139 Å². The van der Waals surface area contributed by atoms with E-state index in [1.54, 1.807) is 19.9 Å². The molecule has 1 amide bonds. The van der Waals surface area contributed by atoms with Crippen molar-refractivity contribution in [2.75, 3.05) is 13.7 Å². The number of hydrogen-bond acceptors (Lipinski definition) is 4. The van der Waals surface area contributed by atoms with E-state index in [0.29, 0.717) is 5.02 Å². The van der Waals surface area contributed by atoms with Gasteiger partial charge in [0.25, 0.3) is 0 Å². The fourth-order valence-corrected chi connectivity index (χ4v) is 3.12. The third-order valence-corrected chi connectivity index (χ3v) is 4.56. The molecule has 0 saturated heterocycles. The maximum Gasteiger partial charge on any atom is 0.305 e. The monoisotopic (exact) mass is 345 g/mol. The first-order valence-corrected chi connectivity index (χ1v) is 7.97. The number of benzene rings is 1. The van der Waals surface area contributed by atoms with Gasteiger partial charge in [0.15, 0.2) is 0 Å². The molecular formula is C15H20ClNO4S. The van der Waals surface area contributed by atoms with Crippen LogP contribution in [0, 0.1) is 0 Å². The minimum Gasteiger partial charge on any atom is -0.481 e. The summed E-state index contributed by atoms with van der Waals surface area (Å²) in [7, 11) is 1.47. The average molecular weight is 346 g/mol. The number of carbonyl (C=O) groups excluding carboxylic acids is 1. The average Bonchev–Trinajstić information content (AvgIpc) is 2.40. The highest BCUT2D eigenvalue weighted by molar-refractivity contribution is 8.00. The van der Waals surface area contributed by atoms with Crippen molar-refractivity contribution in [1.29, 1.82) is 0 Å². The maximum absolute atomic E-state index is 12.3. The molecule has 0 saturated carbocycles. The van der Waals surface area contributed by atoms with Crippen molar-refractivity contribution < 1.29 is 19.4 Å². The maximum atomic E-state index is 12.3. The second kappa shape index (κ2) is 8.41. The van der Waals surface area contributed by atoms with E-state index in [2.05, 4.69) is 5.32 Å². The Bertz CT molecular complexity index is 540. The van der Waals surface area contributed by atoms with Crippen LogP contribution >= 0.6 is 23.4 Å². The summed E-state index contributed by atoms with van der Waals surface area (Å²) >= 11 is 7.40. The van der Waals surface area contributed by atoms with Gasteiger partial charge >= 0.3 is 5.97 Å². The van der Waals surface area contributed by atoms with Crippen molar-refractivity contribution in [3.05, 3.63) is 29.3 Å². The summed E-state index contributed by atoms with van der Waals surface area (Å²) in [5.74, 6) is -1.25. The molecule has 0 radical (unpaired) electrons. The lowest BCUT2D eigenvalue weighted by molar-refractivity contribution is -0.139. The summed E-state index contributed by atoms with van der Waals surface area (Å²) < 4.78 is 5.02. The van der Waals surface area contributed by atoms with Crippen LogP contribution in [0.2, 0.25) is 5.02 Å². The minimum absolute atomic E-state index is 0.120. The first-order chi connectivity index (χ1) is 10.3. The molecule has 0 aromatic heterocycles. The summed E-state index contributed by atoms with van der Waals surface area (Å²) in [5.41, 5.74) is -0.951. The van der Waals surface area contributed by atoms with E-state index in [9.17, 15) is 9.59 Å². The predicted octanol–water partition coefficient (Wildman–Crippen LogP) is 2.82. The predicted molar refractivity (Wildman–Crippen MR) is 87.4 cm³/mol. The molecule has 0 spiro atoms. The van der Waals surface area contributed by atoms with E-state index in [-0.39, 0.29) is 18.9 Å². The number of hydrogen-bond donors (Lipinski definition) is 2. The second-order valence-corrected chi connectivity index (χ2v) is 7.03. The normalized spacial score (nSPS) is 14.9. The molecule has 0 fully saturated rings. The van der Waals surface area contributed by atoms with Crippen molar-refractivity contribution in [3.63, 3.8) is 0 Å². The van der Waals surface area contributed by atoms with Gasteiger partial charge in [-0.1, -0.05) is 23.7 Å². The Hall–Kier alpha value is -1.24. The number of nitrogens with one attached hydrogen (secondary N) is 1. The van der Waals surface area contributed by atoms with Gasteiger partial charge in [0.1, 0.15) is 0 Å². The molecule has 2 atom stereocenters. The number of aliphatic carboxylic acids is 1. The van der Waals surface area contributed by atoms with Crippen LogP contribution in [0.3, 0.4) is 0 Å². The van der Waals surface area contributed by atoms with Crippen LogP contribution in [0.25, 0.3) is 0 Å². The van der Waals surface area contributed by atoms with Crippen LogP contribution in [0.15, 0.2) is 29.2 Å². The SMILES string of the molecule is COCC(C)(CC(=O)O)NC(=O)C(C)Sc1ccccc1Cl. The fraction of sp³-hybridized carbons (Fsp3) is 0.467. The minimum atomic E-state index is -0.994. The van der Waals surface area contributed by atoms with Gasteiger partial charge < -0.3 is 15.2 Å². The molecule has 122 valence electrons. The molecule has 22 heavy (non-hydrogen) atoms. The lowest BCUT2D eigenvalue weighted by atomic mass is 9.99. The third kappa shape index (κ3) is 5.87. The third-order valence-electron chi connectivity index (χ3n) is 2.94. The zero-order valence-electron chi connectivity index (χ0n) is 12.8. The van der Waals surface area contributed by atoms with Crippen LogP contribution in [0.1, 0.15) is 20.3 Å². The topological polar surface area (TPSA) is 75.6 Å². The highest BCUT2D eigenvalue weighted by Gasteiger charge is 2.31. The van der Waals surface area contributed by atoms with Crippen molar-refractivity contribution in [2.45, 2.75) is 36.0 Å². The summed E-state index contributed by atoms with van der Waals surface area (Å²) in [6.07, 6.45) is -0.212. The molecule has 0 aliphatic heterocycles. The van der Waals surface area contributed by atoms with Crippen molar-refractivity contribution >= 4 is 35.2 Å². The Balaban J connectivity index is 2.73. The number of carboxylic acid groups (broad SMARTS) is 1. The van der Waals surface area contributed by atoms with Gasteiger partial charge in [-0.3, -0.25) is 9.59 Å². The first-order valence-electron chi connectivity index (χ1n) is 6.71. The zero-order chi connectivity index (χ0) is 16.8. The number of rotatable bonds is 8. The smallest absolute Gasteiger partial charge is 0.305 e. The van der Waals surface area contributed by atoms with Crippen LogP contribution in [0.4, 0.5) is 0 Å². The standard InChI is InChI=1S/C15H20ClNO4S/c1-10(22-12-7-5-4-6-11(12)16)14(20)17-15(2,9-21-3)8-13(18)19/h4-7,10H,8-9H2,1-3H3,(H,17,20)(H,18,19). The van der Waals surface area contributed by atoms with Crippen LogP contribution in [0.5, 0.6) is 0 Å². The highest BCUT2D eigenvalue weighted by Crippen LogP contribution is 2.30. The van der Waals surface area contributed by atoms with Crippen LogP contribution in [-0.4, -0.2) is 41.5 Å². The molecule has 7 heteroatoms. The van der Waals surface area contributed by atoms with Gasteiger partial charge in [0.2, 0.25) is 5.91 Å². The molecule has 1 rings (SSSR count). The van der Waals surface area contributed by atoms with Crippen molar-refractivity contribution in [3.8, 4) is 0 Å². The molecule has 0 aliphatic carbocycles. The zero-order valence-corrected chi connectivity index (χ0v) is 14.3. The number of carbonyl (C=O) groups is 2. The van der Waals surface area contributed by atoms with Gasteiger partial charge in [-0.05, 0) is 26.0 Å². The van der Waals surface area contributed by atoms with E-state index in [1.807, 2.05) is 18.2 Å². The molecule has 0 aliphatic rings. The summed E-state index contributed by atoms with van der Waals surface area (Å²) in [6, 6.07) is 7.26. The van der Waals surface area contributed by atoms with Gasteiger partial charge in [0, 0.05) is 12.0 Å². The Morgan fingerprint density at radius 2 is 2.09 bits per heavy atom. The molecule has 0 heterocycles. The Morgan fingerprint density at radius 3 is 2.64 bits per heavy atom. The van der Waals surface area contributed by atoms with Gasteiger partial charge in [-0.25, -0.2) is 0 Å². The number of amides is 1. The highest BCUT2D eigenvalue weighted by atomic mass is 35.5. The van der Waals surface area contributed by atoms with Crippen LogP contribution in [-0.2, 0) is 14.3 Å². The lowest BCUT2D eigenvalue weighted by Gasteiger charge is -2.29. The molecule has 0 bridgehead atoms. The van der Waals surface area contributed by atoms with Crippen molar-refractivity contribution in [1.82, 2.24) is 5.32 Å². The van der Waals surface area contributed by atoms with E-state index in [4.69, 9.17) is 21.4 Å². The Kier molecular flexibility index (Phi) is 7.19. The first kappa shape index (κ1) is 18.8. The molecule has 1 aromatic rings. The van der Waals surface area contributed by atoms with E-state index in [0.717, 1.165) is 4.90 Å². The molecule has 2 N–H and O–H groups in total. The van der Waals surface area contributed by atoms with E-state index in [1.165, 1.54) is 18.9 Å². The number of halogens is 1.